The molecular formula is C36H39ClN6O6. The Hall–Kier alpha value is -4.65. The van der Waals surface area contributed by atoms with Crippen LogP contribution >= 0.6 is 11.6 Å². The predicted octanol–water partition coefficient (Wildman–Crippen LogP) is 6.27. The Bertz CT molecular complexity index is 2100. The van der Waals surface area contributed by atoms with E-state index in [-0.39, 0.29) is 28.3 Å². The number of piperazine rings is 1. The topological polar surface area (TPSA) is 133 Å². The molecule has 0 bridgehead atoms. The maximum Gasteiger partial charge on any atom is 0.412 e. The van der Waals surface area contributed by atoms with Gasteiger partial charge in [-0.1, -0.05) is 49.7 Å². The van der Waals surface area contributed by atoms with Crippen LogP contribution in [0.25, 0.3) is 38.6 Å². The molecule has 2 N–H and O–H groups in total. The monoisotopic (exact) mass is 686 g/mol. The lowest BCUT2D eigenvalue weighted by Crippen LogP contribution is -2.46. The number of para-hydroxylation sites is 1. The Kier molecular flexibility index (Phi) is 9.19. The first-order chi connectivity index (χ1) is 23.7. The number of benzene rings is 3. The summed E-state index contributed by atoms with van der Waals surface area (Å²) in [6.45, 7) is 8.60. The van der Waals surface area contributed by atoms with E-state index in [1.807, 2.05) is 61.9 Å². The third-order valence-electron chi connectivity index (χ3n) is 9.30. The van der Waals surface area contributed by atoms with Gasteiger partial charge in [0.15, 0.2) is 12.0 Å². The largest absolute Gasteiger partial charge is 0.493 e. The Labute approximate surface area is 288 Å². The van der Waals surface area contributed by atoms with Crippen LogP contribution in [0, 0.1) is 6.92 Å². The van der Waals surface area contributed by atoms with E-state index < -0.39 is 24.5 Å². The molecule has 2 aliphatic heterocycles. The minimum atomic E-state index is -0.667. The van der Waals surface area contributed by atoms with Crippen LogP contribution in [0.2, 0.25) is 5.02 Å². The summed E-state index contributed by atoms with van der Waals surface area (Å²) in [7, 11) is 0. The second kappa shape index (κ2) is 13.7. The average Bonchev–Trinajstić information content (AvgIpc) is 3.54. The van der Waals surface area contributed by atoms with E-state index in [0.717, 1.165) is 46.9 Å². The lowest BCUT2D eigenvalue weighted by Gasteiger charge is -2.26. The van der Waals surface area contributed by atoms with E-state index in [0.29, 0.717) is 49.6 Å². The molecule has 2 aromatic heterocycles. The van der Waals surface area contributed by atoms with Crippen LogP contribution in [0.15, 0.2) is 53.5 Å². The maximum atomic E-state index is 13.7. The standard InChI is InChI=1S/C36H39ClN6O6/c1-21(2)23-8-4-5-9-26(23)42-28-18-24(30-22(3)11-12-27-25(30)19-39-43(27)29-10-6-7-17-47-29)32(37)33(31(28)34(44)40-35(42)45)48-20-49-36(46)41-15-13-38-14-16-41/h4-5,8-9,11-12,18-19,21,29,38H,6-7,10,13-17,20H2,1-3H3,(H,40,44,45). The zero-order valence-electron chi connectivity index (χ0n) is 27.7. The first-order valence-electron chi connectivity index (χ1n) is 16.7. The minimum Gasteiger partial charge on any atom is -0.493 e. The summed E-state index contributed by atoms with van der Waals surface area (Å²) < 4.78 is 21.1. The number of ether oxygens (including phenoxy) is 3. The Balaban J connectivity index is 1.44. The van der Waals surface area contributed by atoms with E-state index in [1.54, 1.807) is 17.2 Å². The minimum absolute atomic E-state index is 0.0301. The number of carbonyl (C=O) groups excluding carboxylic acids is 1. The molecule has 12 nitrogen and oxygen atoms in total. The molecule has 0 radical (unpaired) electrons. The predicted molar refractivity (Wildman–Crippen MR) is 187 cm³/mol. The average molecular weight is 687 g/mol. The number of rotatable bonds is 7. The highest BCUT2D eigenvalue weighted by molar-refractivity contribution is 6.37. The molecule has 2 saturated heterocycles. The fourth-order valence-corrected chi connectivity index (χ4v) is 7.15. The van der Waals surface area contributed by atoms with Crippen molar-refractivity contribution in [3.63, 3.8) is 0 Å². The van der Waals surface area contributed by atoms with Crippen LogP contribution in [0.1, 0.15) is 56.4 Å². The van der Waals surface area contributed by atoms with Crippen LogP contribution in [0.5, 0.6) is 11.6 Å². The van der Waals surface area contributed by atoms with Gasteiger partial charge in [0.1, 0.15) is 5.39 Å². The van der Waals surface area contributed by atoms with Gasteiger partial charge < -0.3 is 29.5 Å². The number of nitrogens with zero attached hydrogens (tertiary/aromatic N) is 5. The van der Waals surface area contributed by atoms with Crippen molar-refractivity contribution in [3.8, 4) is 28.4 Å². The van der Waals surface area contributed by atoms with Crippen LogP contribution in [0.4, 0.5) is 4.79 Å². The van der Waals surface area contributed by atoms with Crippen molar-refractivity contribution in [1.82, 2.24) is 29.5 Å². The van der Waals surface area contributed by atoms with Crippen LogP contribution in [0.3, 0.4) is 0 Å². The number of halogens is 1. The maximum absolute atomic E-state index is 13.7. The van der Waals surface area contributed by atoms with Crippen molar-refractivity contribution in [3.05, 3.63) is 75.3 Å². The number of aromatic hydroxyl groups is 1. The number of aryl methyl sites for hydroxylation is 1. The van der Waals surface area contributed by atoms with E-state index in [9.17, 15) is 14.7 Å². The number of fused-ring (bicyclic) bond motifs is 2. The molecule has 2 aliphatic rings. The normalized spacial score (nSPS) is 16.8. The number of aromatic nitrogens is 4. The summed E-state index contributed by atoms with van der Waals surface area (Å²) in [5.74, 6) is -0.447. The van der Waals surface area contributed by atoms with Gasteiger partial charge >= 0.3 is 11.8 Å². The Morgan fingerprint density at radius 1 is 1.14 bits per heavy atom. The summed E-state index contributed by atoms with van der Waals surface area (Å²) in [5.41, 5.74) is 4.29. The zero-order chi connectivity index (χ0) is 34.2. The second-order valence-electron chi connectivity index (χ2n) is 12.7. The highest BCUT2D eigenvalue weighted by atomic mass is 35.5. The van der Waals surface area contributed by atoms with Crippen LogP contribution < -0.4 is 15.7 Å². The molecule has 2 fully saturated rings. The number of hydrogen-bond acceptors (Lipinski definition) is 9. The molecule has 256 valence electrons. The fraction of sp³-hybridized carbons (Fsp3) is 0.389. The first kappa shape index (κ1) is 32.9. The molecule has 4 heterocycles. The van der Waals surface area contributed by atoms with Gasteiger partial charge in [-0.3, -0.25) is 4.57 Å². The smallest absolute Gasteiger partial charge is 0.412 e. The van der Waals surface area contributed by atoms with Crippen LogP contribution in [-0.4, -0.2) is 75.0 Å². The SMILES string of the molecule is Cc1ccc2c(cnn2C2CCCCO2)c1-c1cc2c(c(O)nc(=O)n2-c2ccccc2C(C)C)c(OCOC(=O)N2CCNCC2)c1Cl. The molecule has 7 rings (SSSR count). The highest BCUT2D eigenvalue weighted by Gasteiger charge is 2.27. The van der Waals surface area contributed by atoms with Crippen molar-refractivity contribution in [1.29, 1.82) is 0 Å². The van der Waals surface area contributed by atoms with Gasteiger partial charge in [0, 0.05) is 43.7 Å². The van der Waals surface area contributed by atoms with Gasteiger partial charge in [0.25, 0.3) is 0 Å². The van der Waals surface area contributed by atoms with Crippen molar-refractivity contribution in [2.75, 3.05) is 39.6 Å². The summed E-state index contributed by atoms with van der Waals surface area (Å²) >= 11 is 7.24. The summed E-state index contributed by atoms with van der Waals surface area (Å²) in [4.78, 5) is 32.1. The molecule has 5 aromatic rings. The van der Waals surface area contributed by atoms with Gasteiger partial charge in [-0.2, -0.15) is 10.1 Å². The fourth-order valence-electron chi connectivity index (χ4n) is 6.85. The molecule has 1 unspecified atom stereocenters. The molecule has 0 spiro atoms. The van der Waals surface area contributed by atoms with Crippen molar-refractivity contribution >= 4 is 39.5 Å². The quantitative estimate of drug-likeness (QED) is 0.190. The number of amides is 1. The lowest BCUT2D eigenvalue weighted by atomic mass is 9.95. The molecule has 3 aromatic carbocycles. The van der Waals surface area contributed by atoms with E-state index >= 15 is 0 Å². The van der Waals surface area contributed by atoms with E-state index in [1.165, 1.54) is 4.57 Å². The molecule has 1 amide bonds. The molecule has 1 atom stereocenters. The number of carbonyl (C=O) groups is 1. The Morgan fingerprint density at radius 2 is 1.94 bits per heavy atom. The second-order valence-corrected chi connectivity index (χ2v) is 13.1. The lowest BCUT2D eigenvalue weighted by molar-refractivity contribution is -0.0366. The van der Waals surface area contributed by atoms with Crippen molar-refractivity contribution < 1.29 is 24.1 Å². The molecular weight excluding hydrogens is 648 g/mol. The van der Waals surface area contributed by atoms with Gasteiger partial charge in [0.05, 0.1) is 27.9 Å². The highest BCUT2D eigenvalue weighted by Crippen LogP contribution is 2.47. The third-order valence-corrected chi connectivity index (χ3v) is 9.68. The summed E-state index contributed by atoms with van der Waals surface area (Å²) in [5, 5.41) is 20.3. The van der Waals surface area contributed by atoms with Gasteiger partial charge in [-0.15, -0.1) is 0 Å². The Morgan fingerprint density at radius 3 is 2.69 bits per heavy atom. The molecule has 13 heteroatoms. The summed E-state index contributed by atoms with van der Waals surface area (Å²) in [6, 6.07) is 13.4. The summed E-state index contributed by atoms with van der Waals surface area (Å²) in [6.07, 6.45) is 4.02. The van der Waals surface area contributed by atoms with Crippen LogP contribution in [-0.2, 0) is 9.47 Å². The third kappa shape index (κ3) is 6.09. The van der Waals surface area contributed by atoms with Gasteiger partial charge in [-0.25, -0.2) is 14.3 Å². The van der Waals surface area contributed by atoms with Gasteiger partial charge in [-0.05, 0) is 67.0 Å². The number of nitrogens with one attached hydrogen (secondary N) is 1. The van der Waals surface area contributed by atoms with E-state index in [4.69, 9.17) is 30.9 Å². The molecule has 49 heavy (non-hydrogen) atoms. The number of hydrogen-bond donors (Lipinski definition) is 2. The first-order valence-corrected chi connectivity index (χ1v) is 17.0. The molecule has 0 saturated carbocycles. The van der Waals surface area contributed by atoms with Crippen molar-refractivity contribution in [2.24, 2.45) is 0 Å². The van der Waals surface area contributed by atoms with E-state index in [2.05, 4.69) is 10.3 Å². The van der Waals surface area contributed by atoms with Gasteiger partial charge in [0.2, 0.25) is 12.7 Å². The van der Waals surface area contributed by atoms with Crippen molar-refractivity contribution in [2.45, 2.75) is 52.2 Å². The molecule has 0 aliphatic carbocycles. The zero-order valence-corrected chi connectivity index (χ0v) is 28.5.